The summed E-state index contributed by atoms with van der Waals surface area (Å²) in [6.07, 6.45) is 0. The van der Waals surface area contributed by atoms with Crippen molar-refractivity contribution in [3.8, 4) is 45.5 Å². The van der Waals surface area contributed by atoms with Gasteiger partial charge in [0.25, 0.3) is 17.5 Å². The quantitative estimate of drug-likeness (QED) is 0.0972. The van der Waals surface area contributed by atoms with Gasteiger partial charge in [-0.3, -0.25) is 19.7 Å². The Morgan fingerprint density at radius 2 is 1.04 bits per heavy atom. The zero-order chi connectivity index (χ0) is 38.6. The summed E-state index contributed by atoms with van der Waals surface area (Å²) in [7, 11) is 6.13. The first-order chi connectivity index (χ1) is 26.7. The van der Waals surface area contributed by atoms with Gasteiger partial charge in [-0.05, 0) is 72.8 Å². The number of nitro benzene ring substituents is 1. The molecule has 13 nitrogen and oxygen atoms in total. The number of nitro groups is 1. The van der Waals surface area contributed by atoms with Crippen LogP contribution in [0.2, 0.25) is 0 Å². The summed E-state index contributed by atoms with van der Waals surface area (Å²) >= 11 is 0. The Bertz CT molecular complexity index is 2650. The molecule has 2 aromatic heterocycles. The van der Waals surface area contributed by atoms with E-state index >= 15 is 0 Å². The number of methoxy groups -OCH3 is 4. The van der Waals surface area contributed by atoms with E-state index < -0.39 is 16.7 Å². The Morgan fingerprint density at radius 1 is 0.564 bits per heavy atom. The molecule has 0 fully saturated rings. The molecule has 0 aliphatic heterocycles. The fourth-order valence-electron chi connectivity index (χ4n) is 6.27. The summed E-state index contributed by atoms with van der Waals surface area (Å²) in [4.78, 5) is 49.2. The summed E-state index contributed by atoms with van der Waals surface area (Å²) in [5.41, 5.74) is 3.71. The molecule has 2 amide bonds. The standard InChI is InChI=1S/C42H33N5O8/c1-52-37-17-13-24(19-39(37)54-3)33-22-29(27-9-5-7-11-31(27)44-33)41(48)43-26-15-16-36(47(50)51)35(21-26)46-42(49)30-23-34(45-32-12-8-6-10-28(30)32)25-14-18-38(53-2)40(20-25)55-4/h5-23H,1-4H3,(H,43,48)(H,46,49). The first-order valence-corrected chi connectivity index (χ1v) is 16.9. The summed E-state index contributed by atoms with van der Waals surface area (Å²) in [5, 5.41) is 18.9. The third kappa shape index (κ3) is 7.13. The third-order valence-electron chi connectivity index (χ3n) is 8.98. The number of pyridine rings is 2. The van der Waals surface area contributed by atoms with Crippen molar-refractivity contribution >= 4 is 50.7 Å². The predicted octanol–water partition coefficient (Wildman–Crippen LogP) is 8.56. The lowest BCUT2D eigenvalue weighted by molar-refractivity contribution is -0.383. The van der Waals surface area contributed by atoms with E-state index in [4.69, 9.17) is 28.9 Å². The molecule has 0 aliphatic carbocycles. The number of amides is 2. The van der Waals surface area contributed by atoms with Crippen molar-refractivity contribution in [3.63, 3.8) is 0 Å². The highest BCUT2D eigenvalue weighted by Gasteiger charge is 2.22. The zero-order valence-electron chi connectivity index (χ0n) is 30.1. The van der Waals surface area contributed by atoms with Crippen LogP contribution in [0, 0.1) is 10.1 Å². The molecule has 55 heavy (non-hydrogen) atoms. The SMILES string of the molecule is COc1ccc(-c2cc(C(=O)Nc3ccc([N+](=O)[O-])c(NC(=O)c4cc(-c5ccc(OC)c(OC)c5)nc5ccccc45)c3)c3ccccc3n2)cc1OC. The summed E-state index contributed by atoms with van der Waals surface area (Å²) < 4.78 is 21.7. The maximum Gasteiger partial charge on any atom is 0.292 e. The van der Waals surface area contributed by atoms with Gasteiger partial charge in [-0.25, -0.2) is 9.97 Å². The van der Waals surface area contributed by atoms with Gasteiger partial charge >= 0.3 is 0 Å². The molecule has 0 saturated carbocycles. The molecule has 0 atom stereocenters. The highest BCUT2D eigenvalue weighted by molar-refractivity contribution is 6.15. The van der Waals surface area contributed by atoms with Crippen molar-refractivity contribution in [2.24, 2.45) is 0 Å². The summed E-state index contributed by atoms with van der Waals surface area (Å²) in [6, 6.07) is 32.2. The van der Waals surface area contributed by atoms with Gasteiger partial charge < -0.3 is 29.6 Å². The van der Waals surface area contributed by atoms with Gasteiger partial charge in [0.1, 0.15) is 5.69 Å². The van der Waals surface area contributed by atoms with E-state index in [1.54, 1.807) is 92.0 Å². The van der Waals surface area contributed by atoms with Crippen molar-refractivity contribution in [2.45, 2.75) is 0 Å². The van der Waals surface area contributed by atoms with Crippen molar-refractivity contribution in [3.05, 3.63) is 137 Å². The maximum atomic E-state index is 14.1. The van der Waals surface area contributed by atoms with Crippen molar-refractivity contribution in [1.82, 2.24) is 9.97 Å². The second-order valence-electron chi connectivity index (χ2n) is 12.2. The first-order valence-electron chi connectivity index (χ1n) is 16.9. The topological polar surface area (TPSA) is 164 Å². The number of rotatable bonds is 11. The van der Waals surface area contributed by atoms with E-state index in [2.05, 4.69) is 10.6 Å². The lowest BCUT2D eigenvalue weighted by Crippen LogP contribution is -2.16. The zero-order valence-corrected chi connectivity index (χ0v) is 30.1. The van der Waals surface area contributed by atoms with Gasteiger partial charge in [0, 0.05) is 33.7 Å². The van der Waals surface area contributed by atoms with Gasteiger partial charge in [-0.2, -0.15) is 0 Å². The van der Waals surface area contributed by atoms with Crippen LogP contribution in [-0.2, 0) is 0 Å². The fraction of sp³-hybridized carbons (Fsp3) is 0.0952. The highest BCUT2D eigenvalue weighted by atomic mass is 16.6. The normalized spacial score (nSPS) is 10.8. The molecular weight excluding hydrogens is 702 g/mol. The number of carbonyl (C=O) groups is 2. The van der Waals surface area contributed by atoms with Crippen LogP contribution in [0.15, 0.2) is 115 Å². The Hall–Kier alpha value is -7.54. The molecule has 2 N–H and O–H groups in total. The predicted molar refractivity (Wildman–Crippen MR) is 210 cm³/mol. The number of benzene rings is 5. The Balaban J connectivity index is 1.23. The minimum atomic E-state index is -0.619. The van der Waals surface area contributed by atoms with Crippen molar-refractivity contribution < 1.29 is 33.5 Å². The van der Waals surface area contributed by atoms with Crippen LogP contribution < -0.4 is 29.6 Å². The largest absolute Gasteiger partial charge is 0.493 e. The number of nitrogens with zero attached hydrogens (tertiary/aromatic N) is 3. The average molecular weight is 736 g/mol. The number of carbonyl (C=O) groups excluding carboxylic acids is 2. The molecule has 13 heteroatoms. The molecule has 0 aliphatic rings. The Labute approximate surface area is 314 Å². The second kappa shape index (κ2) is 15.2. The Morgan fingerprint density at radius 3 is 1.51 bits per heavy atom. The number of fused-ring (bicyclic) bond motifs is 2. The van der Waals surface area contributed by atoms with Crippen LogP contribution in [0.1, 0.15) is 20.7 Å². The minimum absolute atomic E-state index is 0.119. The maximum absolute atomic E-state index is 14.1. The van der Waals surface area contributed by atoms with Gasteiger partial charge in [-0.1, -0.05) is 36.4 Å². The molecule has 7 aromatic rings. The number of anilines is 2. The van der Waals surface area contributed by atoms with Crippen LogP contribution in [0.25, 0.3) is 44.3 Å². The van der Waals surface area contributed by atoms with Crippen LogP contribution in [0.5, 0.6) is 23.0 Å². The van der Waals surface area contributed by atoms with Crippen LogP contribution >= 0.6 is 0 Å². The number of para-hydroxylation sites is 2. The van der Waals surface area contributed by atoms with E-state index in [-0.39, 0.29) is 22.6 Å². The molecular formula is C42H33N5O8. The van der Waals surface area contributed by atoms with E-state index in [1.807, 2.05) is 12.1 Å². The van der Waals surface area contributed by atoms with E-state index in [0.29, 0.717) is 72.9 Å². The molecule has 0 radical (unpaired) electrons. The summed E-state index contributed by atoms with van der Waals surface area (Å²) in [5.74, 6) is 0.935. The molecule has 7 rings (SSSR count). The monoisotopic (exact) mass is 735 g/mol. The Kier molecular flexibility index (Phi) is 9.91. The molecule has 0 spiro atoms. The number of ether oxygens (including phenoxy) is 4. The van der Waals surface area contributed by atoms with Gasteiger partial charge in [0.05, 0.1) is 66.9 Å². The number of nitrogens with one attached hydrogen (secondary N) is 2. The van der Waals surface area contributed by atoms with Crippen LogP contribution in [-0.4, -0.2) is 55.1 Å². The smallest absolute Gasteiger partial charge is 0.292 e. The molecule has 274 valence electrons. The van der Waals surface area contributed by atoms with E-state index in [1.165, 1.54) is 39.5 Å². The molecule has 2 heterocycles. The first kappa shape index (κ1) is 35.8. The summed E-state index contributed by atoms with van der Waals surface area (Å²) in [6.45, 7) is 0. The average Bonchev–Trinajstić information content (AvgIpc) is 3.22. The molecule has 5 aromatic carbocycles. The van der Waals surface area contributed by atoms with Crippen LogP contribution in [0.3, 0.4) is 0 Å². The number of hydrogen-bond acceptors (Lipinski definition) is 10. The lowest BCUT2D eigenvalue weighted by atomic mass is 10.0. The number of aromatic nitrogens is 2. The van der Waals surface area contributed by atoms with Crippen LogP contribution in [0.4, 0.5) is 17.1 Å². The number of hydrogen-bond donors (Lipinski definition) is 2. The lowest BCUT2D eigenvalue weighted by Gasteiger charge is -2.14. The van der Waals surface area contributed by atoms with E-state index in [0.717, 1.165) is 0 Å². The molecule has 0 saturated heterocycles. The van der Waals surface area contributed by atoms with Gasteiger partial charge in [0.2, 0.25) is 0 Å². The van der Waals surface area contributed by atoms with E-state index in [9.17, 15) is 19.7 Å². The van der Waals surface area contributed by atoms with Gasteiger partial charge in [-0.15, -0.1) is 0 Å². The minimum Gasteiger partial charge on any atom is -0.493 e. The molecule has 0 bridgehead atoms. The van der Waals surface area contributed by atoms with Crippen molar-refractivity contribution in [1.29, 1.82) is 0 Å². The second-order valence-corrected chi connectivity index (χ2v) is 12.2. The third-order valence-corrected chi connectivity index (χ3v) is 8.98. The fourth-order valence-corrected chi connectivity index (χ4v) is 6.27. The van der Waals surface area contributed by atoms with Crippen molar-refractivity contribution in [2.75, 3.05) is 39.1 Å². The molecule has 0 unspecified atom stereocenters. The van der Waals surface area contributed by atoms with Gasteiger partial charge in [0.15, 0.2) is 23.0 Å². The highest BCUT2D eigenvalue weighted by Crippen LogP contribution is 2.36.